The van der Waals surface area contributed by atoms with Gasteiger partial charge in [0.2, 0.25) is 0 Å². The van der Waals surface area contributed by atoms with Crippen molar-refractivity contribution in [3.05, 3.63) is 0 Å². The second kappa shape index (κ2) is 9.24. The predicted molar refractivity (Wildman–Crippen MR) is 124 cm³/mol. The molecule has 6 unspecified atom stereocenters. The number of aliphatic hydroxyl groups is 3. The van der Waals surface area contributed by atoms with E-state index in [-0.39, 0.29) is 28.8 Å². The summed E-state index contributed by atoms with van der Waals surface area (Å²) in [6.45, 7) is 11.2. The zero-order valence-electron chi connectivity index (χ0n) is 20.4. The summed E-state index contributed by atoms with van der Waals surface area (Å²) in [5.74, 6) is 2.66. The first-order valence-corrected chi connectivity index (χ1v) is 13.4. The summed E-state index contributed by atoms with van der Waals surface area (Å²) >= 11 is 0. The first-order valence-electron chi connectivity index (χ1n) is 13.4. The molecular formula is C27H48O4. The second-order valence-corrected chi connectivity index (χ2v) is 12.3. The maximum atomic E-state index is 11.4. The van der Waals surface area contributed by atoms with Crippen molar-refractivity contribution in [3.63, 3.8) is 0 Å². The smallest absolute Gasteiger partial charge is 0.0836 e. The normalized spacial score (nSPS) is 50.4. The zero-order valence-corrected chi connectivity index (χ0v) is 20.4. The van der Waals surface area contributed by atoms with Crippen LogP contribution in [0.4, 0.5) is 0 Å². The molecule has 0 heterocycles. The van der Waals surface area contributed by atoms with Gasteiger partial charge >= 0.3 is 0 Å². The fourth-order valence-corrected chi connectivity index (χ4v) is 9.17. The fourth-order valence-electron chi connectivity index (χ4n) is 9.17. The van der Waals surface area contributed by atoms with Gasteiger partial charge in [-0.05, 0) is 111 Å². The Labute approximate surface area is 190 Å². The number of ether oxygens (including phenoxy) is 1. The molecule has 3 N–H and O–H groups in total. The van der Waals surface area contributed by atoms with E-state index in [1.165, 1.54) is 32.1 Å². The van der Waals surface area contributed by atoms with Crippen LogP contribution in [0.2, 0.25) is 0 Å². The fraction of sp³-hybridized carbons (Fsp3) is 1.00. The van der Waals surface area contributed by atoms with Crippen molar-refractivity contribution < 1.29 is 20.1 Å². The molecule has 0 spiro atoms. The lowest BCUT2D eigenvalue weighted by atomic mass is 9.43. The molecule has 4 rings (SSSR count). The summed E-state index contributed by atoms with van der Waals surface area (Å²) in [5.41, 5.74) is 0.340. The molecular weight excluding hydrogens is 388 g/mol. The summed E-state index contributed by atoms with van der Waals surface area (Å²) in [6.07, 6.45) is 9.23. The summed E-state index contributed by atoms with van der Waals surface area (Å²) in [6, 6.07) is 0. The average molecular weight is 437 g/mol. The van der Waals surface area contributed by atoms with E-state index in [1.807, 2.05) is 0 Å². The summed E-state index contributed by atoms with van der Waals surface area (Å²) in [4.78, 5) is 0. The summed E-state index contributed by atoms with van der Waals surface area (Å²) in [7, 11) is 0. The molecule has 0 aromatic heterocycles. The van der Waals surface area contributed by atoms with Gasteiger partial charge in [0, 0.05) is 13.2 Å². The quantitative estimate of drug-likeness (QED) is 0.502. The Morgan fingerprint density at radius 2 is 1.58 bits per heavy atom. The van der Waals surface area contributed by atoms with Gasteiger partial charge in [0.25, 0.3) is 0 Å². The van der Waals surface area contributed by atoms with Gasteiger partial charge in [0.05, 0.1) is 18.3 Å². The minimum absolute atomic E-state index is 0.0381. The third-order valence-corrected chi connectivity index (χ3v) is 10.8. The number of hydrogen-bond donors (Lipinski definition) is 3. The first kappa shape index (κ1) is 24.0. The van der Waals surface area contributed by atoms with Crippen LogP contribution in [-0.4, -0.2) is 46.8 Å². The van der Waals surface area contributed by atoms with Crippen molar-refractivity contribution in [1.82, 2.24) is 0 Å². The monoisotopic (exact) mass is 436 g/mol. The van der Waals surface area contributed by atoms with Crippen molar-refractivity contribution in [2.24, 2.45) is 46.3 Å². The van der Waals surface area contributed by atoms with Gasteiger partial charge < -0.3 is 20.1 Å². The van der Waals surface area contributed by atoms with E-state index in [2.05, 4.69) is 27.7 Å². The summed E-state index contributed by atoms with van der Waals surface area (Å²) in [5, 5.41) is 32.8. The average Bonchev–Trinajstić information content (AvgIpc) is 3.10. The third kappa shape index (κ3) is 4.02. The van der Waals surface area contributed by atoms with Crippen molar-refractivity contribution in [2.75, 3.05) is 13.2 Å². The molecule has 0 saturated heterocycles. The Morgan fingerprint density at radius 3 is 2.32 bits per heavy atom. The Kier molecular flexibility index (Phi) is 7.14. The van der Waals surface area contributed by atoms with Crippen molar-refractivity contribution >= 4 is 0 Å². The minimum atomic E-state index is -0.685. The Hall–Kier alpha value is -0.160. The van der Waals surface area contributed by atoms with Crippen LogP contribution in [0.5, 0.6) is 0 Å². The molecule has 4 aliphatic carbocycles. The van der Waals surface area contributed by atoms with E-state index in [1.54, 1.807) is 0 Å². The van der Waals surface area contributed by atoms with Crippen LogP contribution in [0.15, 0.2) is 0 Å². The van der Waals surface area contributed by atoms with Gasteiger partial charge in [-0.1, -0.05) is 27.7 Å². The van der Waals surface area contributed by atoms with E-state index in [0.29, 0.717) is 30.1 Å². The van der Waals surface area contributed by atoms with Crippen molar-refractivity contribution in [2.45, 2.75) is 110 Å². The van der Waals surface area contributed by atoms with Crippen molar-refractivity contribution in [1.29, 1.82) is 0 Å². The van der Waals surface area contributed by atoms with E-state index in [9.17, 15) is 15.3 Å². The molecule has 4 heteroatoms. The Bertz CT molecular complexity index is 610. The molecule has 0 bridgehead atoms. The molecule has 4 fully saturated rings. The van der Waals surface area contributed by atoms with Gasteiger partial charge in [-0.3, -0.25) is 0 Å². The van der Waals surface area contributed by atoms with Gasteiger partial charge in [0.15, 0.2) is 0 Å². The van der Waals surface area contributed by atoms with Gasteiger partial charge in [0.1, 0.15) is 0 Å². The van der Waals surface area contributed by atoms with Crippen molar-refractivity contribution in [3.8, 4) is 0 Å². The Morgan fingerprint density at radius 1 is 0.871 bits per heavy atom. The van der Waals surface area contributed by atoms with Crippen LogP contribution in [-0.2, 0) is 4.74 Å². The summed E-state index contributed by atoms with van der Waals surface area (Å²) < 4.78 is 5.71. The topological polar surface area (TPSA) is 69.9 Å². The number of hydrogen-bond acceptors (Lipinski definition) is 4. The maximum Gasteiger partial charge on any atom is 0.0836 e. The van der Waals surface area contributed by atoms with Crippen LogP contribution in [0.1, 0.15) is 91.9 Å². The molecule has 0 amide bonds. The van der Waals surface area contributed by atoms with E-state index >= 15 is 0 Å². The van der Waals surface area contributed by atoms with Crippen LogP contribution >= 0.6 is 0 Å². The first-order chi connectivity index (χ1) is 14.7. The highest BCUT2D eigenvalue weighted by Gasteiger charge is 2.65. The third-order valence-electron chi connectivity index (χ3n) is 10.8. The highest BCUT2D eigenvalue weighted by atomic mass is 16.5. The van der Waals surface area contributed by atoms with Crippen LogP contribution in [0, 0.1) is 46.3 Å². The molecule has 11 atom stereocenters. The molecule has 4 aliphatic rings. The maximum absolute atomic E-state index is 11.4. The van der Waals surface area contributed by atoms with Gasteiger partial charge in [-0.15, -0.1) is 0 Å². The van der Waals surface area contributed by atoms with Crippen LogP contribution in [0.25, 0.3) is 0 Å². The number of fused-ring (bicyclic) bond motifs is 5. The molecule has 0 aromatic rings. The highest BCUT2D eigenvalue weighted by Crippen LogP contribution is 2.68. The molecule has 0 radical (unpaired) electrons. The van der Waals surface area contributed by atoms with Crippen LogP contribution < -0.4 is 0 Å². The molecule has 31 heavy (non-hydrogen) atoms. The number of rotatable bonds is 7. The molecule has 0 aliphatic heterocycles. The largest absolute Gasteiger partial charge is 0.393 e. The standard InChI is InChI=1S/C27H48O4/c1-5-14-31-15-6-7-17(2)19-8-9-20-23-21(11-13-26(19,20)3)27(4)12-10-18(28)16-22(27)24(29)25(23)30/h17-25,28-30H,5-16H2,1-4H3/t17?,18-,19?,20?,21?,22+,23?,24+,25?,26-,27-/m1/s1. The molecule has 4 nitrogen and oxygen atoms in total. The Balaban J connectivity index is 1.49. The number of aliphatic hydroxyl groups excluding tert-OH is 3. The molecule has 4 saturated carbocycles. The predicted octanol–water partition coefficient (Wildman–Crippen LogP) is 4.79. The highest BCUT2D eigenvalue weighted by molar-refractivity contribution is 5.14. The minimum Gasteiger partial charge on any atom is -0.393 e. The lowest BCUT2D eigenvalue weighted by Crippen LogP contribution is -2.64. The van der Waals surface area contributed by atoms with E-state index in [4.69, 9.17) is 4.74 Å². The zero-order chi connectivity index (χ0) is 22.4. The van der Waals surface area contributed by atoms with Gasteiger partial charge in [-0.25, -0.2) is 0 Å². The van der Waals surface area contributed by atoms with Crippen LogP contribution in [0.3, 0.4) is 0 Å². The lowest BCUT2D eigenvalue weighted by Gasteiger charge is -2.63. The molecule has 180 valence electrons. The van der Waals surface area contributed by atoms with Gasteiger partial charge in [-0.2, -0.15) is 0 Å². The SMILES string of the molecule is CCCOCCCC(C)C1CCC2C3C(O)[C@@H](O)[C@@H]4C[C@H](O)CC[C@]4(C)C3CC[C@]12C. The second-order valence-electron chi connectivity index (χ2n) is 12.3. The molecule has 0 aromatic carbocycles. The van der Waals surface area contributed by atoms with E-state index < -0.39 is 12.2 Å². The van der Waals surface area contributed by atoms with E-state index in [0.717, 1.165) is 38.9 Å². The lowest BCUT2D eigenvalue weighted by molar-refractivity contribution is -0.223.